The smallest absolute Gasteiger partial charge is 0.209 e. The minimum Gasteiger partial charge on any atom is -0.220 e. The van der Waals surface area contributed by atoms with Gasteiger partial charge < -0.3 is 0 Å². The maximum Gasteiger partial charge on any atom is 0.209 e. The minimum absolute atomic E-state index is 0.967. The maximum atomic E-state index is 4.13. The van der Waals surface area contributed by atoms with Crippen molar-refractivity contribution >= 4 is 23.5 Å². The molecule has 140 valence electrons. The molecule has 0 aromatic carbocycles. The van der Waals surface area contributed by atoms with E-state index in [1.165, 1.54) is 82.1 Å². The van der Waals surface area contributed by atoms with Gasteiger partial charge in [-0.15, -0.1) is 5.10 Å². The molecule has 0 unspecified atom stereocenters. The van der Waals surface area contributed by atoms with Crippen LogP contribution in [0.5, 0.6) is 0 Å². The Labute approximate surface area is 157 Å². The first-order valence-electron chi connectivity index (χ1n) is 9.85. The van der Waals surface area contributed by atoms with Crippen molar-refractivity contribution in [1.82, 2.24) is 20.2 Å². The fourth-order valence-electron chi connectivity index (χ4n) is 2.48. The topological polar surface area (TPSA) is 43.6 Å². The Balaban J connectivity index is 1.91. The Morgan fingerprint density at radius 3 is 2.17 bits per heavy atom. The normalized spacial score (nSPS) is 11.2. The van der Waals surface area contributed by atoms with Gasteiger partial charge in [0.25, 0.3) is 0 Å². The first-order valence-corrected chi connectivity index (χ1v) is 12.0. The second-order valence-electron chi connectivity index (χ2n) is 6.33. The molecule has 0 amide bonds. The molecule has 6 heteroatoms. The Bertz CT molecular complexity index is 385. The van der Waals surface area contributed by atoms with Crippen molar-refractivity contribution in [3.05, 3.63) is 0 Å². The first kappa shape index (κ1) is 21.8. The largest absolute Gasteiger partial charge is 0.220 e. The Hall–Kier alpha value is -0.230. The van der Waals surface area contributed by atoms with Gasteiger partial charge in [-0.25, -0.2) is 4.68 Å². The van der Waals surface area contributed by atoms with E-state index in [-0.39, 0.29) is 0 Å². The highest BCUT2D eigenvalue weighted by atomic mass is 32.2. The van der Waals surface area contributed by atoms with E-state index in [4.69, 9.17) is 0 Å². The van der Waals surface area contributed by atoms with Crippen LogP contribution in [0, 0.1) is 0 Å². The van der Waals surface area contributed by atoms with Gasteiger partial charge in [0.1, 0.15) is 0 Å². The van der Waals surface area contributed by atoms with Crippen LogP contribution in [0.1, 0.15) is 84.5 Å². The molecule has 1 heterocycles. The summed E-state index contributed by atoms with van der Waals surface area (Å²) >= 11 is 3.93. The molecule has 0 saturated carbocycles. The van der Waals surface area contributed by atoms with Gasteiger partial charge in [-0.1, -0.05) is 70.6 Å². The summed E-state index contributed by atoms with van der Waals surface area (Å²) in [5.41, 5.74) is 0. The minimum atomic E-state index is 0.967. The van der Waals surface area contributed by atoms with Crippen LogP contribution in [-0.4, -0.2) is 37.5 Å². The second kappa shape index (κ2) is 16.2. The number of aryl methyl sites for hydroxylation is 1. The molecular weight excluding hydrogens is 336 g/mol. The van der Waals surface area contributed by atoms with Crippen molar-refractivity contribution in [1.29, 1.82) is 0 Å². The van der Waals surface area contributed by atoms with Crippen molar-refractivity contribution in [2.75, 3.05) is 17.3 Å². The maximum absolute atomic E-state index is 4.13. The van der Waals surface area contributed by atoms with Gasteiger partial charge in [-0.2, -0.15) is 11.8 Å². The van der Waals surface area contributed by atoms with Crippen LogP contribution in [0.15, 0.2) is 5.16 Å². The van der Waals surface area contributed by atoms with Crippen molar-refractivity contribution < 1.29 is 0 Å². The van der Waals surface area contributed by atoms with E-state index in [1.807, 2.05) is 4.68 Å². The molecule has 0 aliphatic rings. The lowest BCUT2D eigenvalue weighted by Gasteiger charge is -2.05. The summed E-state index contributed by atoms with van der Waals surface area (Å²) in [6.07, 6.45) is 14.6. The van der Waals surface area contributed by atoms with Crippen molar-refractivity contribution in [3.63, 3.8) is 0 Å². The number of hydrogen-bond acceptors (Lipinski definition) is 5. The summed E-state index contributed by atoms with van der Waals surface area (Å²) in [7, 11) is 0. The molecule has 0 spiro atoms. The summed E-state index contributed by atoms with van der Waals surface area (Å²) in [5, 5.41) is 13.0. The molecule has 1 aromatic heterocycles. The predicted molar refractivity (Wildman–Crippen MR) is 108 cm³/mol. The van der Waals surface area contributed by atoms with Gasteiger partial charge in [-0.05, 0) is 47.6 Å². The standard InChI is InChI=1S/C18H36N4S2/c1-3-5-12-15-23-16-13-10-8-7-9-11-14-22-18(19-20-21-22)24-17-6-4-2/h3-17H2,1-2H3. The summed E-state index contributed by atoms with van der Waals surface area (Å²) in [6.45, 7) is 5.46. The summed E-state index contributed by atoms with van der Waals surface area (Å²) < 4.78 is 1.98. The SMILES string of the molecule is CCCCCSCCCCCCCCn1nnnc1SCCCC. The Kier molecular flexibility index (Phi) is 14.8. The van der Waals surface area contributed by atoms with Crippen LogP contribution in [0.2, 0.25) is 0 Å². The number of thioether (sulfide) groups is 2. The molecule has 24 heavy (non-hydrogen) atoms. The fraction of sp³-hybridized carbons (Fsp3) is 0.944. The van der Waals surface area contributed by atoms with Gasteiger partial charge >= 0.3 is 0 Å². The quantitative estimate of drug-likeness (QED) is 0.254. The number of unbranched alkanes of at least 4 members (excludes halogenated alkanes) is 8. The third kappa shape index (κ3) is 11.3. The van der Waals surface area contributed by atoms with E-state index in [2.05, 4.69) is 41.1 Å². The zero-order valence-corrected chi connectivity index (χ0v) is 17.3. The zero-order valence-electron chi connectivity index (χ0n) is 15.7. The average molecular weight is 373 g/mol. The fourth-order valence-corrected chi connectivity index (χ4v) is 4.48. The van der Waals surface area contributed by atoms with Crippen LogP contribution in [0.25, 0.3) is 0 Å². The summed E-state index contributed by atoms with van der Waals surface area (Å²) in [4.78, 5) is 0. The van der Waals surface area contributed by atoms with E-state index in [0.717, 1.165) is 17.5 Å². The molecule has 0 saturated heterocycles. The molecule has 1 rings (SSSR count). The van der Waals surface area contributed by atoms with Crippen LogP contribution in [0.3, 0.4) is 0 Å². The molecule has 0 bridgehead atoms. The number of nitrogens with zero attached hydrogens (tertiary/aromatic N) is 4. The molecule has 0 radical (unpaired) electrons. The molecule has 0 aliphatic carbocycles. The van der Waals surface area contributed by atoms with E-state index in [9.17, 15) is 0 Å². The lowest BCUT2D eigenvalue weighted by molar-refractivity contribution is 0.491. The van der Waals surface area contributed by atoms with Gasteiger partial charge in [0.05, 0.1) is 0 Å². The molecule has 1 aromatic rings. The number of rotatable bonds is 17. The van der Waals surface area contributed by atoms with Gasteiger partial charge in [0.2, 0.25) is 5.16 Å². The summed E-state index contributed by atoms with van der Waals surface area (Å²) in [5.74, 6) is 3.83. The number of tetrazole rings is 1. The first-order chi connectivity index (χ1) is 11.9. The molecule has 0 atom stereocenters. The second-order valence-corrected chi connectivity index (χ2v) is 8.61. The Morgan fingerprint density at radius 2 is 1.42 bits per heavy atom. The van der Waals surface area contributed by atoms with Crippen molar-refractivity contribution in [3.8, 4) is 0 Å². The molecular formula is C18H36N4S2. The zero-order chi connectivity index (χ0) is 17.3. The number of hydrogen-bond donors (Lipinski definition) is 0. The van der Waals surface area contributed by atoms with Crippen LogP contribution in [0.4, 0.5) is 0 Å². The number of aromatic nitrogens is 4. The third-order valence-electron chi connectivity index (χ3n) is 4.03. The monoisotopic (exact) mass is 372 g/mol. The van der Waals surface area contributed by atoms with Gasteiger partial charge in [-0.3, -0.25) is 0 Å². The van der Waals surface area contributed by atoms with Gasteiger partial charge in [0.15, 0.2) is 0 Å². The van der Waals surface area contributed by atoms with E-state index >= 15 is 0 Å². The van der Waals surface area contributed by atoms with Crippen LogP contribution in [-0.2, 0) is 6.54 Å². The average Bonchev–Trinajstić information content (AvgIpc) is 3.03. The lowest BCUT2D eigenvalue weighted by Crippen LogP contribution is -2.02. The van der Waals surface area contributed by atoms with E-state index < -0.39 is 0 Å². The summed E-state index contributed by atoms with van der Waals surface area (Å²) in [6, 6.07) is 0. The highest BCUT2D eigenvalue weighted by molar-refractivity contribution is 7.99. The van der Waals surface area contributed by atoms with Gasteiger partial charge in [0, 0.05) is 12.3 Å². The van der Waals surface area contributed by atoms with Crippen molar-refractivity contribution in [2.24, 2.45) is 0 Å². The van der Waals surface area contributed by atoms with E-state index in [0.29, 0.717) is 0 Å². The highest BCUT2D eigenvalue weighted by Crippen LogP contribution is 2.16. The highest BCUT2D eigenvalue weighted by Gasteiger charge is 2.05. The van der Waals surface area contributed by atoms with E-state index in [1.54, 1.807) is 11.8 Å². The Morgan fingerprint density at radius 1 is 0.750 bits per heavy atom. The van der Waals surface area contributed by atoms with Crippen LogP contribution >= 0.6 is 23.5 Å². The molecule has 0 fully saturated rings. The molecule has 4 nitrogen and oxygen atoms in total. The van der Waals surface area contributed by atoms with Crippen molar-refractivity contribution in [2.45, 2.75) is 96.2 Å². The third-order valence-corrected chi connectivity index (χ3v) is 6.23. The van der Waals surface area contributed by atoms with Crippen LogP contribution < -0.4 is 0 Å². The predicted octanol–water partition coefficient (Wildman–Crippen LogP) is 5.83. The molecule has 0 aliphatic heterocycles. The lowest BCUT2D eigenvalue weighted by atomic mass is 10.1. The molecule has 0 N–H and O–H groups in total.